The number of rotatable bonds is 5. The number of aryl methyl sites for hydroxylation is 1. The van der Waals surface area contributed by atoms with E-state index in [4.69, 9.17) is 4.74 Å². The van der Waals surface area contributed by atoms with Gasteiger partial charge in [0.05, 0.1) is 29.7 Å². The van der Waals surface area contributed by atoms with Gasteiger partial charge in [-0.2, -0.15) is 5.10 Å². The number of hydrogen-bond donors (Lipinski definition) is 1. The van der Waals surface area contributed by atoms with E-state index in [1.54, 1.807) is 48.6 Å². The van der Waals surface area contributed by atoms with Crippen molar-refractivity contribution >= 4 is 17.6 Å². The summed E-state index contributed by atoms with van der Waals surface area (Å²) in [4.78, 5) is 28.7. The fourth-order valence-electron chi connectivity index (χ4n) is 2.58. The van der Waals surface area contributed by atoms with Crippen LogP contribution in [0.1, 0.15) is 33.5 Å². The smallest absolute Gasteiger partial charge is 0.355 e. The maximum atomic E-state index is 12.6. The second-order valence-corrected chi connectivity index (χ2v) is 5.64. The molecule has 3 aromatic heterocycles. The predicted octanol–water partition coefficient (Wildman–Crippen LogP) is 2.34. The lowest BCUT2D eigenvalue weighted by Gasteiger charge is -2.04. The average molecular weight is 353 g/mol. The van der Waals surface area contributed by atoms with Gasteiger partial charge < -0.3 is 14.6 Å². The Labute approximate surface area is 150 Å². The molecule has 8 nitrogen and oxygen atoms in total. The molecular formula is C18H19N5O3. The number of esters is 1. The van der Waals surface area contributed by atoms with Crippen LogP contribution in [-0.4, -0.2) is 37.8 Å². The summed E-state index contributed by atoms with van der Waals surface area (Å²) in [6, 6.07) is 7.05. The van der Waals surface area contributed by atoms with Crippen LogP contribution in [0.15, 0.2) is 42.9 Å². The Morgan fingerprint density at radius 1 is 1.31 bits per heavy atom. The summed E-state index contributed by atoms with van der Waals surface area (Å²) in [5.74, 6) is -0.117. The molecule has 0 aliphatic rings. The summed E-state index contributed by atoms with van der Waals surface area (Å²) >= 11 is 0. The number of pyridine rings is 1. The fraction of sp³-hybridized carbons (Fsp3) is 0.222. The summed E-state index contributed by atoms with van der Waals surface area (Å²) in [7, 11) is 1.71. The van der Waals surface area contributed by atoms with Crippen LogP contribution in [0.5, 0.6) is 0 Å². The summed E-state index contributed by atoms with van der Waals surface area (Å²) in [6.45, 7) is 3.83. The molecule has 26 heavy (non-hydrogen) atoms. The molecule has 134 valence electrons. The summed E-state index contributed by atoms with van der Waals surface area (Å²) in [5.41, 5.74) is 1.97. The minimum Gasteiger partial charge on any atom is -0.461 e. The normalized spacial score (nSPS) is 10.6. The molecule has 0 bridgehead atoms. The molecule has 0 saturated carbocycles. The highest BCUT2D eigenvalue weighted by Gasteiger charge is 2.18. The summed E-state index contributed by atoms with van der Waals surface area (Å²) in [6.07, 6.45) is 4.81. The van der Waals surface area contributed by atoms with Gasteiger partial charge >= 0.3 is 5.97 Å². The molecule has 1 N–H and O–H groups in total. The molecule has 0 unspecified atom stereocenters. The van der Waals surface area contributed by atoms with E-state index < -0.39 is 5.97 Å². The highest BCUT2D eigenvalue weighted by atomic mass is 16.5. The predicted molar refractivity (Wildman–Crippen MR) is 95.4 cm³/mol. The molecule has 3 aromatic rings. The first-order chi connectivity index (χ1) is 12.5. The number of nitrogens with zero attached hydrogens (tertiary/aromatic N) is 4. The molecule has 3 rings (SSSR count). The molecule has 0 atom stereocenters. The third kappa shape index (κ3) is 3.34. The zero-order chi connectivity index (χ0) is 18.7. The molecule has 0 aliphatic carbocycles. The summed E-state index contributed by atoms with van der Waals surface area (Å²) in [5, 5.41) is 7.02. The molecule has 0 spiro atoms. The number of anilines is 1. The van der Waals surface area contributed by atoms with Crippen molar-refractivity contribution in [3.8, 4) is 5.82 Å². The SMILES string of the molecule is CCOC(=O)c1cc(NC(=O)c2cnn(-c3ccccn3)c2C)cn1C. The quantitative estimate of drug-likeness (QED) is 0.711. The zero-order valence-corrected chi connectivity index (χ0v) is 14.8. The average Bonchev–Trinajstić information content (AvgIpc) is 3.18. The Morgan fingerprint density at radius 3 is 2.81 bits per heavy atom. The van der Waals surface area contributed by atoms with E-state index in [-0.39, 0.29) is 12.5 Å². The number of ether oxygens (including phenoxy) is 1. The molecule has 1 amide bonds. The number of nitrogens with one attached hydrogen (secondary N) is 1. The second kappa shape index (κ2) is 7.22. The lowest BCUT2D eigenvalue weighted by atomic mass is 10.2. The van der Waals surface area contributed by atoms with Crippen LogP contribution in [0.3, 0.4) is 0 Å². The minimum atomic E-state index is -0.436. The number of amides is 1. The van der Waals surface area contributed by atoms with E-state index in [9.17, 15) is 9.59 Å². The van der Waals surface area contributed by atoms with E-state index in [0.29, 0.717) is 28.5 Å². The number of hydrogen-bond acceptors (Lipinski definition) is 5. The van der Waals surface area contributed by atoms with Crippen LogP contribution in [0.25, 0.3) is 5.82 Å². The first-order valence-corrected chi connectivity index (χ1v) is 8.12. The highest BCUT2D eigenvalue weighted by Crippen LogP contribution is 2.17. The van der Waals surface area contributed by atoms with Crippen LogP contribution >= 0.6 is 0 Å². The molecular weight excluding hydrogens is 334 g/mol. The maximum Gasteiger partial charge on any atom is 0.355 e. The molecule has 8 heteroatoms. The fourth-order valence-corrected chi connectivity index (χ4v) is 2.58. The first kappa shape index (κ1) is 17.4. The molecule has 0 aromatic carbocycles. The van der Waals surface area contributed by atoms with Crippen molar-refractivity contribution in [2.75, 3.05) is 11.9 Å². The van der Waals surface area contributed by atoms with Gasteiger partial charge in [-0.05, 0) is 32.0 Å². The van der Waals surface area contributed by atoms with Crippen molar-refractivity contribution in [1.29, 1.82) is 0 Å². The van der Waals surface area contributed by atoms with Crippen molar-refractivity contribution in [2.45, 2.75) is 13.8 Å². The molecule has 0 saturated heterocycles. The Morgan fingerprint density at radius 2 is 2.12 bits per heavy atom. The Balaban J connectivity index is 1.80. The Hall–Kier alpha value is -3.42. The van der Waals surface area contributed by atoms with E-state index >= 15 is 0 Å². The van der Waals surface area contributed by atoms with Gasteiger partial charge in [-0.1, -0.05) is 6.07 Å². The van der Waals surface area contributed by atoms with Gasteiger partial charge in [-0.3, -0.25) is 4.79 Å². The van der Waals surface area contributed by atoms with Gasteiger partial charge in [-0.15, -0.1) is 0 Å². The van der Waals surface area contributed by atoms with E-state index in [2.05, 4.69) is 15.4 Å². The second-order valence-electron chi connectivity index (χ2n) is 5.64. The van der Waals surface area contributed by atoms with Gasteiger partial charge in [0.1, 0.15) is 5.69 Å². The minimum absolute atomic E-state index is 0.289. The summed E-state index contributed by atoms with van der Waals surface area (Å²) < 4.78 is 8.20. The van der Waals surface area contributed by atoms with Crippen LogP contribution in [0, 0.1) is 6.92 Å². The lowest BCUT2D eigenvalue weighted by Crippen LogP contribution is -2.13. The van der Waals surface area contributed by atoms with Crippen molar-refractivity contribution in [3.05, 3.63) is 59.8 Å². The Kier molecular flexibility index (Phi) is 4.83. The topological polar surface area (TPSA) is 91.0 Å². The lowest BCUT2D eigenvalue weighted by molar-refractivity contribution is 0.0515. The van der Waals surface area contributed by atoms with Gasteiger partial charge in [-0.25, -0.2) is 14.5 Å². The number of aromatic nitrogens is 4. The van der Waals surface area contributed by atoms with Gasteiger partial charge in [0.2, 0.25) is 0 Å². The van der Waals surface area contributed by atoms with Gasteiger partial charge in [0.15, 0.2) is 5.82 Å². The molecule has 3 heterocycles. The molecule has 0 fully saturated rings. The van der Waals surface area contributed by atoms with E-state index in [1.165, 1.54) is 6.20 Å². The van der Waals surface area contributed by atoms with Crippen LogP contribution in [0.2, 0.25) is 0 Å². The van der Waals surface area contributed by atoms with Crippen molar-refractivity contribution in [1.82, 2.24) is 19.3 Å². The third-order valence-electron chi connectivity index (χ3n) is 3.87. The molecule has 0 aliphatic heterocycles. The number of carbonyl (C=O) groups excluding carboxylic acids is 2. The van der Waals surface area contributed by atoms with Crippen LogP contribution < -0.4 is 5.32 Å². The standard InChI is InChI=1S/C18H19N5O3/c1-4-26-18(25)15-9-13(11-22(15)3)21-17(24)14-10-20-23(12(14)2)16-7-5-6-8-19-16/h5-11H,4H2,1-3H3,(H,21,24). The van der Waals surface area contributed by atoms with E-state index in [0.717, 1.165) is 0 Å². The number of carbonyl (C=O) groups is 2. The monoisotopic (exact) mass is 353 g/mol. The maximum absolute atomic E-state index is 12.6. The largest absolute Gasteiger partial charge is 0.461 e. The van der Waals surface area contributed by atoms with Crippen molar-refractivity contribution in [3.63, 3.8) is 0 Å². The van der Waals surface area contributed by atoms with Crippen molar-refractivity contribution in [2.24, 2.45) is 7.05 Å². The van der Waals surface area contributed by atoms with Crippen LogP contribution in [0.4, 0.5) is 5.69 Å². The van der Waals surface area contributed by atoms with E-state index in [1.807, 2.05) is 18.2 Å². The van der Waals surface area contributed by atoms with Crippen LogP contribution in [-0.2, 0) is 11.8 Å². The van der Waals surface area contributed by atoms with Gasteiger partial charge in [0, 0.05) is 19.4 Å². The third-order valence-corrected chi connectivity index (χ3v) is 3.87. The van der Waals surface area contributed by atoms with Crippen molar-refractivity contribution < 1.29 is 14.3 Å². The molecule has 0 radical (unpaired) electrons. The highest BCUT2D eigenvalue weighted by molar-refractivity contribution is 6.05. The zero-order valence-electron chi connectivity index (χ0n) is 14.8. The first-order valence-electron chi connectivity index (χ1n) is 8.12. The van der Waals surface area contributed by atoms with Gasteiger partial charge in [0.25, 0.3) is 5.91 Å². The Bertz CT molecular complexity index is 943.